The quantitative estimate of drug-likeness (QED) is 0.380. The molecule has 1 saturated heterocycles. The van der Waals surface area contributed by atoms with E-state index in [1.54, 1.807) is 4.90 Å². The Kier molecular flexibility index (Phi) is 9.77. The molecule has 2 amide bonds. The van der Waals surface area contributed by atoms with E-state index in [1.165, 1.54) is 6.92 Å². The number of amides is 2. The molecule has 2 aliphatic carbocycles. The van der Waals surface area contributed by atoms with Crippen molar-refractivity contribution in [2.75, 3.05) is 45.9 Å². The minimum Gasteiger partial charge on any atom is -0.464 e. The Hall–Kier alpha value is -2.60. The lowest BCUT2D eigenvalue weighted by Gasteiger charge is -2.41. The molecule has 9 heteroatoms. The van der Waals surface area contributed by atoms with Gasteiger partial charge in [0.2, 0.25) is 5.91 Å². The molecular formula is C27H41N3O6. The van der Waals surface area contributed by atoms with Crippen molar-refractivity contribution in [2.45, 2.75) is 65.8 Å². The van der Waals surface area contributed by atoms with Crippen LogP contribution < -0.4 is 5.32 Å². The van der Waals surface area contributed by atoms with Crippen LogP contribution in [0.5, 0.6) is 0 Å². The van der Waals surface area contributed by atoms with Gasteiger partial charge in [-0.3, -0.25) is 19.3 Å². The van der Waals surface area contributed by atoms with Gasteiger partial charge < -0.3 is 19.7 Å². The number of hydrogen-bond acceptors (Lipinski definition) is 7. The molecule has 2 fully saturated rings. The van der Waals surface area contributed by atoms with E-state index in [2.05, 4.69) is 17.2 Å². The number of hydrogen-bond donors (Lipinski definition) is 1. The van der Waals surface area contributed by atoms with E-state index < -0.39 is 17.5 Å². The number of nitrogens with zero attached hydrogens (tertiary/aromatic N) is 2. The molecule has 200 valence electrons. The number of ketones is 1. The van der Waals surface area contributed by atoms with Gasteiger partial charge in [-0.15, -0.1) is 11.8 Å². The van der Waals surface area contributed by atoms with Crippen LogP contribution in [0.2, 0.25) is 0 Å². The number of carbonyl (C=O) groups is 4. The molecule has 1 unspecified atom stereocenters. The first-order chi connectivity index (χ1) is 17.1. The van der Waals surface area contributed by atoms with Gasteiger partial charge in [-0.05, 0) is 30.6 Å². The molecule has 0 aromatic rings. The number of Topliss-reactive ketones (excluding diaryl/α,β-unsaturated/α-hetero) is 1. The van der Waals surface area contributed by atoms with Crippen molar-refractivity contribution in [1.29, 1.82) is 0 Å². The molecule has 1 saturated carbocycles. The van der Waals surface area contributed by atoms with Gasteiger partial charge in [-0.25, -0.2) is 4.79 Å². The van der Waals surface area contributed by atoms with Crippen LogP contribution in [-0.4, -0.2) is 85.5 Å². The summed E-state index contributed by atoms with van der Waals surface area (Å²) in [5.74, 6) is 7.63. The van der Waals surface area contributed by atoms with Gasteiger partial charge in [-0.2, -0.15) is 0 Å². The fourth-order valence-electron chi connectivity index (χ4n) is 5.06. The summed E-state index contributed by atoms with van der Waals surface area (Å²) in [6.45, 7) is 9.32. The van der Waals surface area contributed by atoms with Crippen molar-refractivity contribution in [2.24, 2.45) is 23.2 Å². The van der Waals surface area contributed by atoms with Gasteiger partial charge in [0.1, 0.15) is 6.61 Å². The van der Waals surface area contributed by atoms with Crippen LogP contribution in [0.15, 0.2) is 0 Å². The van der Waals surface area contributed by atoms with Gasteiger partial charge in [-0.1, -0.05) is 20.8 Å². The van der Waals surface area contributed by atoms with E-state index >= 15 is 0 Å². The molecule has 1 aliphatic heterocycles. The highest BCUT2D eigenvalue weighted by Gasteiger charge is 2.49. The van der Waals surface area contributed by atoms with Gasteiger partial charge in [0, 0.05) is 57.8 Å². The van der Waals surface area contributed by atoms with E-state index in [1.807, 2.05) is 25.7 Å². The zero-order valence-electron chi connectivity index (χ0n) is 22.1. The Labute approximate surface area is 214 Å². The summed E-state index contributed by atoms with van der Waals surface area (Å²) in [4.78, 5) is 52.5. The fourth-order valence-corrected chi connectivity index (χ4v) is 5.06. The molecule has 9 nitrogen and oxygen atoms in total. The van der Waals surface area contributed by atoms with Gasteiger partial charge in [0.25, 0.3) is 0 Å². The third kappa shape index (κ3) is 8.22. The van der Waals surface area contributed by atoms with E-state index in [4.69, 9.17) is 9.47 Å². The monoisotopic (exact) mass is 503 g/mol. The minimum absolute atomic E-state index is 0.0920. The van der Waals surface area contributed by atoms with Crippen LogP contribution in [-0.2, 0) is 23.9 Å². The van der Waals surface area contributed by atoms with E-state index in [9.17, 15) is 19.2 Å². The van der Waals surface area contributed by atoms with Crippen LogP contribution in [0.4, 0.5) is 4.79 Å². The summed E-state index contributed by atoms with van der Waals surface area (Å²) in [5, 5.41) is 2.69. The predicted molar refractivity (Wildman–Crippen MR) is 134 cm³/mol. The van der Waals surface area contributed by atoms with Crippen molar-refractivity contribution >= 4 is 23.8 Å². The van der Waals surface area contributed by atoms with Gasteiger partial charge in [0.05, 0.1) is 19.2 Å². The second kappa shape index (κ2) is 12.6. The van der Waals surface area contributed by atoms with Crippen LogP contribution in [0.3, 0.4) is 0 Å². The summed E-state index contributed by atoms with van der Waals surface area (Å²) >= 11 is 0. The first kappa shape index (κ1) is 28.0. The molecular weight excluding hydrogens is 462 g/mol. The number of alkyl carbamates (subject to hydrolysis) is 1. The zero-order valence-corrected chi connectivity index (χ0v) is 22.1. The van der Waals surface area contributed by atoms with Crippen molar-refractivity contribution in [1.82, 2.24) is 15.1 Å². The lowest BCUT2D eigenvalue weighted by Crippen LogP contribution is -2.58. The maximum absolute atomic E-state index is 12.8. The Morgan fingerprint density at radius 3 is 2.25 bits per heavy atom. The summed E-state index contributed by atoms with van der Waals surface area (Å²) in [7, 11) is 0. The van der Waals surface area contributed by atoms with E-state index in [0.717, 1.165) is 25.7 Å². The molecule has 0 bridgehead atoms. The molecule has 4 atom stereocenters. The Bertz CT molecular complexity index is 868. The summed E-state index contributed by atoms with van der Waals surface area (Å²) < 4.78 is 10.6. The second-order valence-corrected chi connectivity index (χ2v) is 11.1. The Morgan fingerprint density at radius 2 is 1.64 bits per heavy atom. The van der Waals surface area contributed by atoms with Crippen LogP contribution in [0.25, 0.3) is 0 Å². The van der Waals surface area contributed by atoms with Gasteiger partial charge >= 0.3 is 12.1 Å². The number of piperazine rings is 1. The smallest absolute Gasteiger partial charge is 0.407 e. The molecule has 3 rings (SSSR count). The molecule has 1 heterocycles. The predicted octanol–water partition coefficient (Wildman–Crippen LogP) is 2.23. The number of esters is 1. The van der Waals surface area contributed by atoms with Crippen LogP contribution in [0.1, 0.15) is 59.8 Å². The maximum atomic E-state index is 12.8. The summed E-state index contributed by atoms with van der Waals surface area (Å²) in [6.07, 6.45) is 3.68. The topological polar surface area (TPSA) is 105 Å². The Balaban J connectivity index is 1.39. The van der Waals surface area contributed by atoms with Crippen molar-refractivity contribution in [3.8, 4) is 11.8 Å². The highest BCUT2D eigenvalue weighted by molar-refractivity contribution is 5.85. The summed E-state index contributed by atoms with van der Waals surface area (Å²) in [5.41, 5.74) is -0.468. The van der Waals surface area contributed by atoms with Crippen molar-refractivity contribution < 1.29 is 28.7 Å². The number of rotatable bonds is 9. The SMILES string of the molecule is CC(=O)OCC1CN(C(=O)CCNC(=O)OC[C@@H]2[C@@H]3CCC#CCC[C@@H]32)CCN1CC(=O)C(C)(C)C. The largest absolute Gasteiger partial charge is 0.464 e. The first-order valence-electron chi connectivity index (χ1n) is 13.1. The number of nitrogens with one attached hydrogen (secondary N) is 1. The second-order valence-electron chi connectivity index (χ2n) is 11.1. The molecule has 36 heavy (non-hydrogen) atoms. The van der Waals surface area contributed by atoms with E-state index in [0.29, 0.717) is 44.0 Å². The third-order valence-electron chi connectivity index (χ3n) is 7.47. The number of carbonyl (C=O) groups excluding carboxylic acids is 4. The summed E-state index contributed by atoms with van der Waals surface area (Å²) in [6, 6.07) is -0.253. The average Bonchev–Trinajstić information content (AvgIpc) is 3.44. The Morgan fingerprint density at radius 1 is 0.972 bits per heavy atom. The third-order valence-corrected chi connectivity index (χ3v) is 7.47. The molecule has 3 aliphatic rings. The first-order valence-corrected chi connectivity index (χ1v) is 13.1. The van der Waals surface area contributed by atoms with E-state index in [-0.39, 0.29) is 43.8 Å². The highest BCUT2D eigenvalue weighted by Crippen LogP contribution is 2.52. The number of ether oxygens (including phenoxy) is 2. The maximum Gasteiger partial charge on any atom is 0.407 e. The molecule has 1 N–H and O–H groups in total. The molecule has 0 aromatic carbocycles. The normalized spacial score (nSPS) is 25.8. The number of fused-ring (bicyclic) bond motifs is 1. The van der Waals surface area contributed by atoms with Gasteiger partial charge in [0.15, 0.2) is 5.78 Å². The standard InChI is InChI=1S/C27H41N3O6/c1-19(31)35-17-20-15-30(14-13-29(20)16-24(32)27(2,3)4)25(33)11-12-28-26(34)36-18-23-21-9-7-5-6-8-10-22(21)23/h20-23H,7-18H2,1-4H3,(H,28,34)/t20?,21-,22+,23-. The lowest BCUT2D eigenvalue weighted by atomic mass is 9.90. The molecule has 0 radical (unpaired) electrons. The molecule has 0 spiro atoms. The van der Waals surface area contributed by atoms with Crippen LogP contribution >= 0.6 is 0 Å². The minimum atomic E-state index is -0.489. The van der Waals surface area contributed by atoms with Crippen molar-refractivity contribution in [3.63, 3.8) is 0 Å². The van der Waals surface area contributed by atoms with Crippen molar-refractivity contribution in [3.05, 3.63) is 0 Å². The average molecular weight is 504 g/mol. The zero-order chi connectivity index (χ0) is 26.3. The molecule has 0 aromatic heterocycles. The fraction of sp³-hybridized carbons (Fsp3) is 0.778. The van der Waals surface area contributed by atoms with Crippen LogP contribution in [0, 0.1) is 35.0 Å². The lowest BCUT2D eigenvalue weighted by molar-refractivity contribution is -0.145. The highest BCUT2D eigenvalue weighted by atomic mass is 16.5.